The van der Waals surface area contributed by atoms with E-state index >= 15 is 0 Å². The van der Waals surface area contributed by atoms with Crippen LogP contribution in [0.5, 0.6) is 0 Å². The molecule has 0 amide bonds. The minimum Gasteiger partial charge on any atom is -0.321 e. The maximum absolute atomic E-state index is 13.7. The molecule has 0 saturated heterocycles. The number of benzene rings is 1. The predicted molar refractivity (Wildman–Crippen MR) is 60.2 cm³/mol. The average Bonchev–Trinajstić information content (AvgIpc) is 2.24. The van der Waals surface area contributed by atoms with Crippen molar-refractivity contribution < 1.29 is 8.78 Å². The summed E-state index contributed by atoms with van der Waals surface area (Å²) in [6.45, 7) is 1.59. The summed E-state index contributed by atoms with van der Waals surface area (Å²) in [5.74, 6) is -0.285. The minimum atomic E-state index is -1.14. The Morgan fingerprint density at radius 2 is 1.69 bits per heavy atom. The van der Waals surface area contributed by atoms with E-state index in [1.54, 1.807) is 25.1 Å². The van der Waals surface area contributed by atoms with Crippen LogP contribution in [-0.2, 0) is 5.54 Å². The van der Waals surface area contributed by atoms with E-state index < -0.39 is 11.2 Å². The summed E-state index contributed by atoms with van der Waals surface area (Å²) < 4.78 is 27.3. The molecule has 2 N–H and O–H groups in total. The van der Waals surface area contributed by atoms with Gasteiger partial charge in [0.2, 0.25) is 0 Å². The van der Waals surface area contributed by atoms with E-state index in [1.807, 2.05) is 0 Å². The Bertz CT molecular complexity index is 377. The maximum Gasteiger partial charge on any atom is 0.128 e. The fourth-order valence-electron chi connectivity index (χ4n) is 2.35. The summed E-state index contributed by atoms with van der Waals surface area (Å²) in [7, 11) is 0. The molecular weight excluding hydrogens is 208 g/mol. The molecule has 3 heteroatoms. The first kappa shape index (κ1) is 11.5. The van der Waals surface area contributed by atoms with Crippen LogP contribution in [0.25, 0.3) is 0 Å². The quantitative estimate of drug-likeness (QED) is 0.779. The van der Waals surface area contributed by atoms with Gasteiger partial charge in [0.05, 0.1) is 0 Å². The van der Waals surface area contributed by atoms with Crippen molar-refractivity contribution in [3.63, 3.8) is 0 Å². The van der Waals surface area contributed by atoms with Crippen molar-refractivity contribution in [1.82, 2.24) is 0 Å². The van der Waals surface area contributed by atoms with Crippen LogP contribution < -0.4 is 5.73 Å². The van der Waals surface area contributed by atoms with E-state index in [9.17, 15) is 8.78 Å². The van der Waals surface area contributed by atoms with E-state index in [0.29, 0.717) is 31.2 Å². The number of hydrogen-bond acceptors (Lipinski definition) is 1. The van der Waals surface area contributed by atoms with Crippen LogP contribution in [0.2, 0.25) is 0 Å². The number of alkyl halides is 1. The van der Waals surface area contributed by atoms with Crippen molar-refractivity contribution >= 4 is 0 Å². The van der Waals surface area contributed by atoms with Gasteiger partial charge in [0, 0.05) is 11.1 Å². The van der Waals surface area contributed by atoms with Crippen molar-refractivity contribution in [3.05, 3.63) is 35.6 Å². The minimum absolute atomic E-state index is 0.285. The van der Waals surface area contributed by atoms with E-state index in [0.717, 1.165) is 0 Å². The molecule has 16 heavy (non-hydrogen) atoms. The van der Waals surface area contributed by atoms with Crippen molar-refractivity contribution in [2.75, 3.05) is 0 Å². The number of rotatable bonds is 1. The normalized spacial score (nSPS) is 35.0. The third kappa shape index (κ3) is 2.09. The second-order valence-corrected chi connectivity index (χ2v) is 5.05. The smallest absolute Gasteiger partial charge is 0.128 e. The molecule has 1 aliphatic rings. The van der Waals surface area contributed by atoms with Gasteiger partial charge in [-0.15, -0.1) is 0 Å². The zero-order valence-electron chi connectivity index (χ0n) is 9.47. The molecule has 1 aliphatic carbocycles. The molecule has 0 atom stereocenters. The van der Waals surface area contributed by atoms with Crippen molar-refractivity contribution in [2.24, 2.45) is 5.73 Å². The highest BCUT2D eigenvalue weighted by molar-refractivity contribution is 5.26. The second-order valence-electron chi connectivity index (χ2n) is 5.05. The van der Waals surface area contributed by atoms with Gasteiger partial charge in [0.15, 0.2) is 0 Å². The highest BCUT2D eigenvalue weighted by Crippen LogP contribution is 2.41. The van der Waals surface area contributed by atoms with Crippen molar-refractivity contribution in [1.29, 1.82) is 0 Å². The summed E-state index contributed by atoms with van der Waals surface area (Å²) in [5.41, 5.74) is 4.87. The van der Waals surface area contributed by atoms with Gasteiger partial charge in [-0.25, -0.2) is 8.78 Å². The monoisotopic (exact) mass is 225 g/mol. The SMILES string of the molecule is CC1(F)CCC(N)(c2ccccc2F)CC1. The molecule has 0 bridgehead atoms. The second kappa shape index (κ2) is 3.81. The van der Waals surface area contributed by atoms with Crippen LogP contribution in [-0.4, -0.2) is 5.67 Å². The van der Waals surface area contributed by atoms with Gasteiger partial charge in [-0.05, 0) is 38.7 Å². The van der Waals surface area contributed by atoms with Gasteiger partial charge >= 0.3 is 0 Å². The summed E-state index contributed by atoms with van der Waals surface area (Å²) in [6, 6.07) is 6.53. The molecule has 0 aliphatic heterocycles. The van der Waals surface area contributed by atoms with Gasteiger partial charge < -0.3 is 5.73 Å². The van der Waals surface area contributed by atoms with E-state index in [-0.39, 0.29) is 5.82 Å². The molecule has 0 aromatic heterocycles. The average molecular weight is 225 g/mol. The molecule has 1 aromatic rings. The van der Waals surface area contributed by atoms with Crippen molar-refractivity contribution in [2.45, 2.75) is 43.8 Å². The zero-order chi connectivity index (χ0) is 11.8. The largest absolute Gasteiger partial charge is 0.321 e. The molecule has 88 valence electrons. The molecule has 0 heterocycles. The number of nitrogens with two attached hydrogens (primary N) is 1. The molecule has 1 fully saturated rings. The highest BCUT2D eigenvalue weighted by atomic mass is 19.1. The topological polar surface area (TPSA) is 26.0 Å². The van der Waals surface area contributed by atoms with E-state index in [1.165, 1.54) is 6.07 Å². The lowest BCUT2D eigenvalue weighted by molar-refractivity contribution is 0.0885. The summed E-state index contributed by atoms with van der Waals surface area (Å²) >= 11 is 0. The lowest BCUT2D eigenvalue weighted by Crippen LogP contribution is -2.44. The molecule has 0 spiro atoms. The van der Waals surface area contributed by atoms with Gasteiger partial charge in [0.1, 0.15) is 11.5 Å². The standard InChI is InChI=1S/C13H17F2N/c1-12(15)6-8-13(16,9-7-12)10-4-2-3-5-11(10)14/h2-5H,6-9,16H2,1H3. The van der Waals surface area contributed by atoms with Crippen LogP contribution in [0.1, 0.15) is 38.2 Å². The fourth-order valence-corrected chi connectivity index (χ4v) is 2.35. The molecule has 1 nitrogen and oxygen atoms in total. The lowest BCUT2D eigenvalue weighted by Gasteiger charge is -2.39. The van der Waals surface area contributed by atoms with Gasteiger partial charge in [0.25, 0.3) is 0 Å². The zero-order valence-corrected chi connectivity index (χ0v) is 9.47. The first-order valence-corrected chi connectivity index (χ1v) is 5.66. The van der Waals surface area contributed by atoms with Crippen LogP contribution in [0.15, 0.2) is 24.3 Å². The number of hydrogen-bond donors (Lipinski definition) is 1. The summed E-state index contributed by atoms with van der Waals surface area (Å²) in [5, 5.41) is 0. The molecule has 0 unspecified atom stereocenters. The Balaban J connectivity index is 2.25. The molecule has 0 radical (unpaired) electrons. The highest BCUT2D eigenvalue weighted by Gasteiger charge is 2.40. The Hall–Kier alpha value is -0.960. The maximum atomic E-state index is 13.7. The molecule has 2 rings (SSSR count). The Labute approximate surface area is 94.7 Å². The third-order valence-electron chi connectivity index (χ3n) is 3.60. The molecule has 1 saturated carbocycles. The van der Waals surface area contributed by atoms with Gasteiger partial charge in [-0.3, -0.25) is 0 Å². The van der Waals surface area contributed by atoms with E-state index in [2.05, 4.69) is 0 Å². The summed E-state index contributed by atoms with van der Waals surface area (Å²) in [6.07, 6.45) is 1.80. The van der Waals surface area contributed by atoms with Crippen LogP contribution >= 0.6 is 0 Å². The predicted octanol–water partition coefficient (Wildman–Crippen LogP) is 3.28. The fraction of sp³-hybridized carbons (Fsp3) is 0.538. The van der Waals surface area contributed by atoms with Crippen LogP contribution in [0.3, 0.4) is 0 Å². The van der Waals surface area contributed by atoms with E-state index in [4.69, 9.17) is 5.73 Å². The van der Waals surface area contributed by atoms with Crippen LogP contribution in [0.4, 0.5) is 8.78 Å². The first-order chi connectivity index (χ1) is 7.43. The van der Waals surface area contributed by atoms with Crippen molar-refractivity contribution in [3.8, 4) is 0 Å². The Morgan fingerprint density at radius 1 is 1.12 bits per heavy atom. The lowest BCUT2D eigenvalue weighted by atomic mass is 9.72. The van der Waals surface area contributed by atoms with Gasteiger partial charge in [-0.1, -0.05) is 18.2 Å². The first-order valence-electron chi connectivity index (χ1n) is 5.66. The van der Waals surface area contributed by atoms with Gasteiger partial charge in [-0.2, -0.15) is 0 Å². The molecular formula is C13H17F2N. The summed E-state index contributed by atoms with van der Waals surface area (Å²) in [4.78, 5) is 0. The van der Waals surface area contributed by atoms with Crippen LogP contribution in [0, 0.1) is 5.82 Å². The Kier molecular flexibility index (Phi) is 2.74. The Morgan fingerprint density at radius 3 is 2.25 bits per heavy atom. The number of halogens is 2. The molecule has 1 aromatic carbocycles. The third-order valence-corrected chi connectivity index (χ3v) is 3.60.